The predicted octanol–water partition coefficient (Wildman–Crippen LogP) is 1.51. The Hall–Kier alpha value is -1.10. The summed E-state index contributed by atoms with van der Waals surface area (Å²) in [5, 5.41) is 12.1. The number of carboxylic acids is 1. The zero-order valence-electron chi connectivity index (χ0n) is 12.1. The van der Waals surface area contributed by atoms with E-state index >= 15 is 0 Å². The summed E-state index contributed by atoms with van der Waals surface area (Å²) in [6.07, 6.45) is 3.20. The van der Waals surface area contributed by atoms with E-state index in [0.29, 0.717) is 31.1 Å². The first-order chi connectivity index (χ1) is 8.77. The Morgan fingerprint density at radius 3 is 2.32 bits per heavy atom. The van der Waals surface area contributed by atoms with Crippen LogP contribution in [0.2, 0.25) is 0 Å². The Morgan fingerprint density at radius 2 is 1.89 bits per heavy atom. The third kappa shape index (κ3) is 4.20. The van der Waals surface area contributed by atoms with Gasteiger partial charge in [-0.15, -0.1) is 0 Å². The maximum atomic E-state index is 12.0. The average molecular weight is 270 g/mol. The molecule has 1 aliphatic rings. The summed E-state index contributed by atoms with van der Waals surface area (Å²) in [5.74, 6) is -0.447. The summed E-state index contributed by atoms with van der Waals surface area (Å²) in [6.45, 7) is 6.09. The summed E-state index contributed by atoms with van der Waals surface area (Å²) in [6, 6.07) is -0.629. The van der Waals surface area contributed by atoms with Crippen molar-refractivity contribution in [3.8, 4) is 0 Å². The molecule has 19 heavy (non-hydrogen) atoms. The van der Waals surface area contributed by atoms with Crippen molar-refractivity contribution in [1.82, 2.24) is 5.32 Å². The van der Waals surface area contributed by atoms with E-state index in [-0.39, 0.29) is 5.91 Å². The lowest BCUT2D eigenvalue weighted by Gasteiger charge is -2.37. The molecule has 0 spiro atoms. The van der Waals surface area contributed by atoms with E-state index in [1.807, 2.05) is 13.8 Å². The molecule has 4 N–H and O–H groups in total. The van der Waals surface area contributed by atoms with Gasteiger partial charge >= 0.3 is 5.97 Å². The van der Waals surface area contributed by atoms with Gasteiger partial charge in [-0.05, 0) is 43.9 Å². The van der Waals surface area contributed by atoms with Crippen LogP contribution in [-0.2, 0) is 9.59 Å². The summed E-state index contributed by atoms with van der Waals surface area (Å²) in [4.78, 5) is 23.5. The van der Waals surface area contributed by atoms with Gasteiger partial charge in [0.15, 0.2) is 0 Å². The molecule has 0 aromatic rings. The molecular weight excluding hydrogens is 244 g/mol. The molecule has 0 aromatic heterocycles. The first kappa shape index (κ1) is 16.0. The van der Waals surface area contributed by atoms with Crippen LogP contribution in [-0.4, -0.2) is 28.6 Å². The highest BCUT2D eigenvalue weighted by Crippen LogP contribution is 2.32. The Bertz CT molecular complexity index is 334. The van der Waals surface area contributed by atoms with E-state index in [1.165, 1.54) is 0 Å². The molecule has 0 radical (unpaired) electrons. The van der Waals surface area contributed by atoms with Gasteiger partial charge in [0.05, 0.1) is 6.04 Å². The number of hydrogen-bond acceptors (Lipinski definition) is 3. The van der Waals surface area contributed by atoms with Gasteiger partial charge in [-0.2, -0.15) is 0 Å². The molecule has 1 rings (SSSR count). The highest BCUT2D eigenvalue weighted by Gasteiger charge is 2.43. The third-order valence-electron chi connectivity index (χ3n) is 3.96. The predicted molar refractivity (Wildman–Crippen MR) is 73.6 cm³/mol. The number of nitrogens with two attached hydrogens (primary N) is 1. The Kier molecular flexibility index (Phi) is 5.35. The summed E-state index contributed by atoms with van der Waals surface area (Å²) in [5.41, 5.74) is 4.70. The van der Waals surface area contributed by atoms with Gasteiger partial charge in [0, 0.05) is 0 Å². The Balaban J connectivity index is 2.69. The van der Waals surface area contributed by atoms with Crippen molar-refractivity contribution in [3.63, 3.8) is 0 Å². The largest absolute Gasteiger partial charge is 0.480 e. The molecule has 0 saturated heterocycles. The number of carbonyl (C=O) groups excluding carboxylic acids is 1. The second-order valence-corrected chi connectivity index (χ2v) is 6.30. The molecule has 1 atom stereocenters. The van der Waals surface area contributed by atoms with Crippen LogP contribution in [0.15, 0.2) is 0 Å². The second kappa shape index (κ2) is 6.37. The minimum absolute atomic E-state index is 0.313. The van der Waals surface area contributed by atoms with Crippen LogP contribution < -0.4 is 11.1 Å². The molecule has 0 unspecified atom stereocenters. The fourth-order valence-electron chi connectivity index (χ4n) is 2.59. The van der Waals surface area contributed by atoms with Crippen LogP contribution in [0.25, 0.3) is 0 Å². The molecule has 0 aliphatic heterocycles. The molecule has 1 aliphatic carbocycles. The van der Waals surface area contributed by atoms with Crippen LogP contribution in [0.1, 0.15) is 52.9 Å². The van der Waals surface area contributed by atoms with Crippen LogP contribution in [0.3, 0.4) is 0 Å². The Labute approximate surface area is 114 Å². The molecule has 1 fully saturated rings. The van der Waals surface area contributed by atoms with Crippen molar-refractivity contribution in [2.75, 3.05) is 0 Å². The van der Waals surface area contributed by atoms with Gasteiger partial charge < -0.3 is 16.2 Å². The second-order valence-electron chi connectivity index (χ2n) is 6.30. The standard InChI is InChI=1S/C14H26N2O3/c1-9(2)8-11(15)12(17)16-14(13(18)19)6-4-10(3)5-7-14/h9-11H,4-8,15H2,1-3H3,(H,16,17)(H,18,19)/t10?,11-,14?/m1/s1. The van der Waals surface area contributed by atoms with E-state index < -0.39 is 17.6 Å². The van der Waals surface area contributed by atoms with Gasteiger partial charge in [0.1, 0.15) is 5.54 Å². The zero-order chi connectivity index (χ0) is 14.6. The van der Waals surface area contributed by atoms with E-state index in [4.69, 9.17) is 5.73 Å². The molecule has 0 aromatic carbocycles. The molecular formula is C14H26N2O3. The van der Waals surface area contributed by atoms with Crippen LogP contribution in [0.5, 0.6) is 0 Å². The molecule has 5 nitrogen and oxygen atoms in total. The maximum absolute atomic E-state index is 12.0. The van der Waals surface area contributed by atoms with Crippen molar-refractivity contribution < 1.29 is 14.7 Å². The van der Waals surface area contributed by atoms with Gasteiger partial charge in [-0.3, -0.25) is 4.79 Å². The van der Waals surface area contributed by atoms with Crippen molar-refractivity contribution >= 4 is 11.9 Å². The number of amides is 1. The first-order valence-corrected chi connectivity index (χ1v) is 7.08. The van der Waals surface area contributed by atoms with Gasteiger partial charge in [-0.1, -0.05) is 20.8 Å². The monoisotopic (exact) mass is 270 g/mol. The van der Waals surface area contributed by atoms with E-state index in [0.717, 1.165) is 12.8 Å². The van der Waals surface area contributed by atoms with Crippen LogP contribution >= 0.6 is 0 Å². The summed E-state index contributed by atoms with van der Waals surface area (Å²) in [7, 11) is 0. The van der Waals surface area contributed by atoms with E-state index in [9.17, 15) is 14.7 Å². The quantitative estimate of drug-likeness (QED) is 0.706. The lowest BCUT2D eigenvalue weighted by Crippen LogP contribution is -2.59. The zero-order valence-corrected chi connectivity index (χ0v) is 12.1. The number of carbonyl (C=O) groups is 2. The molecule has 1 amide bonds. The summed E-state index contributed by atoms with van der Waals surface area (Å²) < 4.78 is 0. The fourth-order valence-corrected chi connectivity index (χ4v) is 2.59. The lowest BCUT2D eigenvalue weighted by molar-refractivity contribution is -0.150. The number of nitrogens with one attached hydrogen (secondary N) is 1. The molecule has 0 heterocycles. The third-order valence-corrected chi connectivity index (χ3v) is 3.96. The fraction of sp³-hybridized carbons (Fsp3) is 0.857. The molecule has 0 bridgehead atoms. The van der Waals surface area contributed by atoms with Crippen molar-refractivity contribution in [2.45, 2.75) is 64.5 Å². The Morgan fingerprint density at radius 1 is 1.37 bits per heavy atom. The smallest absolute Gasteiger partial charge is 0.329 e. The number of hydrogen-bond donors (Lipinski definition) is 3. The topological polar surface area (TPSA) is 92.4 Å². The first-order valence-electron chi connectivity index (χ1n) is 7.08. The average Bonchev–Trinajstić information content (AvgIpc) is 2.31. The summed E-state index contributed by atoms with van der Waals surface area (Å²) >= 11 is 0. The van der Waals surface area contributed by atoms with Crippen LogP contribution in [0.4, 0.5) is 0 Å². The van der Waals surface area contributed by atoms with Crippen molar-refractivity contribution in [3.05, 3.63) is 0 Å². The van der Waals surface area contributed by atoms with E-state index in [1.54, 1.807) is 0 Å². The van der Waals surface area contributed by atoms with Crippen molar-refractivity contribution in [2.24, 2.45) is 17.6 Å². The van der Waals surface area contributed by atoms with Crippen LogP contribution in [0, 0.1) is 11.8 Å². The number of rotatable bonds is 5. The number of carboxylic acid groups (broad SMARTS) is 1. The minimum Gasteiger partial charge on any atom is -0.480 e. The lowest BCUT2D eigenvalue weighted by atomic mass is 9.77. The minimum atomic E-state index is -1.11. The molecule has 5 heteroatoms. The maximum Gasteiger partial charge on any atom is 0.329 e. The van der Waals surface area contributed by atoms with Gasteiger partial charge in [0.2, 0.25) is 5.91 Å². The molecule has 1 saturated carbocycles. The van der Waals surface area contributed by atoms with Gasteiger partial charge in [0.25, 0.3) is 0 Å². The molecule has 110 valence electrons. The van der Waals surface area contributed by atoms with E-state index in [2.05, 4.69) is 12.2 Å². The van der Waals surface area contributed by atoms with Crippen molar-refractivity contribution in [1.29, 1.82) is 0 Å². The highest BCUT2D eigenvalue weighted by atomic mass is 16.4. The normalized spacial score (nSPS) is 29.0. The highest BCUT2D eigenvalue weighted by molar-refractivity contribution is 5.89. The SMILES string of the molecule is CC(C)C[C@@H](N)C(=O)NC1(C(=O)O)CCC(C)CC1. The van der Waals surface area contributed by atoms with Gasteiger partial charge in [-0.25, -0.2) is 4.79 Å². The number of aliphatic carboxylic acids is 1.